The highest BCUT2D eigenvalue weighted by atomic mass is 16.5. The maximum Gasteiger partial charge on any atom is 0.343 e. The minimum atomic E-state index is -0.352. The van der Waals surface area contributed by atoms with Gasteiger partial charge < -0.3 is 9.15 Å². The molecule has 0 saturated heterocycles. The molecule has 3 heteroatoms. The molecule has 100 valence electrons. The fourth-order valence-electron chi connectivity index (χ4n) is 2.05. The second-order valence-corrected chi connectivity index (χ2v) is 4.81. The third-order valence-corrected chi connectivity index (χ3v) is 3.36. The average Bonchev–Trinajstić information content (AvgIpc) is 3.04. The van der Waals surface area contributed by atoms with Gasteiger partial charge in [-0.15, -0.1) is 0 Å². The van der Waals surface area contributed by atoms with E-state index < -0.39 is 0 Å². The number of furan rings is 1. The molecule has 3 nitrogen and oxygen atoms in total. The van der Waals surface area contributed by atoms with Crippen molar-refractivity contribution in [2.24, 2.45) is 0 Å². The Hall–Kier alpha value is -2.55. The molecule has 20 heavy (non-hydrogen) atoms. The summed E-state index contributed by atoms with van der Waals surface area (Å²) in [7, 11) is 0. The van der Waals surface area contributed by atoms with Crippen LogP contribution in [0.5, 0.6) is 0 Å². The van der Waals surface area contributed by atoms with Gasteiger partial charge in [0.15, 0.2) is 0 Å². The zero-order valence-corrected chi connectivity index (χ0v) is 11.3. The Morgan fingerprint density at radius 2 is 1.95 bits per heavy atom. The maximum atomic E-state index is 11.9. The topological polar surface area (TPSA) is 39.4 Å². The molecule has 0 saturated carbocycles. The molecule has 0 fully saturated rings. The summed E-state index contributed by atoms with van der Waals surface area (Å²) in [5, 5.41) is 0. The van der Waals surface area contributed by atoms with Gasteiger partial charge in [-0.2, -0.15) is 0 Å². The smallest absolute Gasteiger partial charge is 0.343 e. The van der Waals surface area contributed by atoms with Gasteiger partial charge in [0.2, 0.25) is 0 Å². The largest absolute Gasteiger partial charge is 0.465 e. The lowest BCUT2D eigenvalue weighted by Gasteiger charge is -2.05. The number of carbonyl (C=O) groups excluding carboxylic acids is 1. The summed E-state index contributed by atoms with van der Waals surface area (Å²) in [6.07, 6.45) is 4.99. The molecule has 2 heterocycles. The first kappa shape index (κ1) is 12.5. The second-order valence-electron chi connectivity index (χ2n) is 4.81. The third-order valence-electron chi connectivity index (χ3n) is 3.36. The van der Waals surface area contributed by atoms with Gasteiger partial charge in [-0.05, 0) is 55.3 Å². The Morgan fingerprint density at radius 3 is 2.65 bits per heavy atom. The monoisotopic (exact) mass is 266 g/mol. The van der Waals surface area contributed by atoms with Crippen LogP contribution in [0.15, 0.2) is 52.7 Å². The number of rotatable bonds is 2. The number of benzene rings is 1. The lowest BCUT2D eigenvalue weighted by molar-refractivity contribution is -0.130. The summed E-state index contributed by atoms with van der Waals surface area (Å²) in [4.78, 5) is 11.9. The summed E-state index contributed by atoms with van der Waals surface area (Å²) in [5.41, 5.74) is 3.78. The van der Waals surface area contributed by atoms with Gasteiger partial charge in [0.05, 0.1) is 11.8 Å². The van der Waals surface area contributed by atoms with E-state index in [0.717, 1.165) is 5.56 Å². The van der Waals surface area contributed by atoms with E-state index in [1.54, 1.807) is 30.5 Å². The molecule has 0 bridgehead atoms. The van der Waals surface area contributed by atoms with Gasteiger partial charge in [-0.25, -0.2) is 4.79 Å². The molecule has 0 radical (unpaired) electrons. The molecule has 0 aliphatic carbocycles. The van der Waals surface area contributed by atoms with E-state index in [2.05, 4.69) is 6.92 Å². The Bertz CT molecular complexity index is 719. The summed E-state index contributed by atoms with van der Waals surface area (Å²) < 4.78 is 10.5. The Labute approximate surface area is 117 Å². The van der Waals surface area contributed by atoms with E-state index in [-0.39, 0.29) is 5.97 Å². The molecule has 0 N–H and O–H groups in total. The third kappa shape index (κ3) is 2.30. The quantitative estimate of drug-likeness (QED) is 0.611. The van der Waals surface area contributed by atoms with Gasteiger partial charge in [-0.3, -0.25) is 0 Å². The minimum absolute atomic E-state index is 0.352. The number of carbonyl (C=O) groups is 1. The van der Waals surface area contributed by atoms with Crippen LogP contribution in [0.25, 0.3) is 11.8 Å². The lowest BCUT2D eigenvalue weighted by Crippen LogP contribution is -1.97. The van der Waals surface area contributed by atoms with Gasteiger partial charge in [0.1, 0.15) is 11.5 Å². The molecule has 1 aliphatic heterocycles. The summed E-state index contributed by atoms with van der Waals surface area (Å²) in [6.45, 7) is 4.09. The zero-order chi connectivity index (χ0) is 14.1. The van der Waals surface area contributed by atoms with Gasteiger partial charge in [0, 0.05) is 5.56 Å². The summed E-state index contributed by atoms with van der Waals surface area (Å²) in [5.74, 6) is 0.861. The molecular formula is C17H14O3. The van der Waals surface area contributed by atoms with Gasteiger partial charge in [0.25, 0.3) is 0 Å². The Balaban J connectivity index is 1.96. The van der Waals surface area contributed by atoms with Crippen LogP contribution in [0.4, 0.5) is 0 Å². The lowest BCUT2D eigenvalue weighted by atomic mass is 10.0. The van der Waals surface area contributed by atoms with Crippen LogP contribution in [0, 0.1) is 13.8 Å². The van der Waals surface area contributed by atoms with Gasteiger partial charge >= 0.3 is 5.97 Å². The van der Waals surface area contributed by atoms with Crippen molar-refractivity contribution >= 4 is 17.8 Å². The molecule has 1 aromatic carbocycles. The van der Waals surface area contributed by atoms with Crippen LogP contribution >= 0.6 is 0 Å². The first-order chi connectivity index (χ1) is 9.63. The fourth-order valence-corrected chi connectivity index (χ4v) is 2.05. The Kier molecular flexibility index (Phi) is 3.03. The number of esters is 1. The predicted octanol–water partition coefficient (Wildman–Crippen LogP) is 3.88. The average molecular weight is 266 g/mol. The zero-order valence-electron chi connectivity index (χ0n) is 11.3. The number of hydrogen-bond acceptors (Lipinski definition) is 3. The van der Waals surface area contributed by atoms with Crippen molar-refractivity contribution < 1.29 is 13.9 Å². The number of aryl methyl sites for hydroxylation is 2. The SMILES string of the molecule is Cc1ccc(C2=C/C(=C\c3ccco3)C(=O)O2)cc1C. The van der Waals surface area contributed by atoms with Crippen molar-refractivity contribution in [1.82, 2.24) is 0 Å². The second kappa shape index (κ2) is 4.85. The Morgan fingerprint density at radius 1 is 1.10 bits per heavy atom. The molecule has 3 rings (SSSR count). The van der Waals surface area contributed by atoms with Crippen molar-refractivity contribution in [3.8, 4) is 0 Å². The number of ether oxygens (including phenoxy) is 1. The highest BCUT2D eigenvalue weighted by Crippen LogP contribution is 2.28. The van der Waals surface area contributed by atoms with Crippen LogP contribution in [0.2, 0.25) is 0 Å². The molecule has 2 aromatic rings. The van der Waals surface area contributed by atoms with Crippen LogP contribution in [-0.4, -0.2) is 5.97 Å². The van der Waals surface area contributed by atoms with E-state index >= 15 is 0 Å². The van der Waals surface area contributed by atoms with E-state index in [4.69, 9.17) is 9.15 Å². The molecular weight excluding hydrogens is 252 g/mol. The first-order valence-electron chi connectivity index (χ1n) is 6.40. The molecule has 0 unspecified atom stereocenters. The number of cyclic esters (lactones) is 1. The van der Waals surface area contributed by atoms with Gasteiger partial charge in [-0.1, -0.05) is 12.1 Å². The number of hydrogen-bond donors (Lipinski definition) is 0. The van der Waals surface area contributed by atoms with Crippen molar-refractivity contribution in [3.63, 3.8) is 0 Å². The van der Waals surface area contributed by atoms with Crippen LogP contribution in [0.3, 0.4) is 0 Å². The van der Waals surface area contributed by atoms with Crippen LogP contribution in [-0.2, 0) is 9.53 Å². The van der Waals surface area contributed by atoms with E-state index in [9.17, 15) is 4.79 Å². The van der Waals surface area contributed by atoms with Crippen molar-refractivity contribution in [2.75, 3.05) is 0 Å². The van der Waals surface area contributed by atoms with E-state index in [1.165, 1.54) is 11.1 Å². The molecule has 0 amide bonds. The predicted molar refractivity (Wildman–Crippen MR) is 76.7 cm³/mol. The van der Waals surface area contributed by atoms with Crippen molar-refractivity contribution in [1.29, 1.82) is 0 Å². The normalized spacial score (nSPS) is 16.4. The minimum Gasteiger partial charge on any atom is -0.465 e. The van der Waals surface area contributed by atoms with E-state index in [0.29, 0.717) is 17.1 Å². The standard InChI is InChI=1S/C17H14O3/c1-11-5-6-13(8-12(11)2)16-10-14(17(18)20-16)9-15-4-3-7-19-15/h3-10H,1-2H3/b14-9+. The van der Waals surface area contributed by atoms with Crippen LogP contribution < -0.4 is 0 Å². The first-order valence-corrected chi connectivity index (χ1v) is 6.40. The molecule has 1 aliphatic rings. The van der Waals surface area contributed by atoms with E-state index in [1.807, 2.05) is 25.1 Å². The highest BCUT2D eigenvalue weighted by Gasteiger charge is 2.22. The molecule has 0 spiro atoms. The fraction of sp³-hybridized carbons (Fsp3) is 0.118. The highest BCUT2D eigenvalue weighted by molar-refractivity contribution is 6.04. The molecule has 1 aromatic heterocycles. The van der Waals surface area contributed by atoms with Crippen LogP contribution in [0.1, 0.15) is 22.5 Å². The maximum absolute atomic E-state index is 11.9. The summed E-state index contributed by atoms with van der Waals surface area (Å²) >= 11 is 0. The summed E-state index contributed by atoms with van der Waals surface area (Å²) in [6, 6.07) is 9.57. The van der Waals surface area contributed by atoms with Crippen molar-refractivity contribution in [3.05, 3.63) is 70.7 Å². The molecule has 0 atom stereocenters. The van der Waals surface area contributed by atoms with Crippen molar-refractivity contribution in [2.45, 2.75) is 13.8 Å².